The second-order valence-corrected chi connectivity index (χ2v) is 8.44. The number of carboxylic acid groups (broad SMARTS) is 1. The van der Waals surface area contributed by atoms with Crippen LogP contribution in [0.5, 0.6) is 0 Å². The van der Waals surface area contributed by atoms with Crippen molar-refractivity contribution in [1.29, 1.82) is 0 Å². The number of aliphatic hydroxyl groups excluding tert-OH is 1. The third-order valence-corrected chi connectivity index (χ3v) is 5.31. The lowest BCUT2D eigenvalue weighted by atomic mass is 10.0. The Kier molecular flexibility index (Phi) is 13.1. The summed E-state index contributed by atoms with van der Waals surface area (Å²) in [6, 6.07) is 3.26. The number of carbonyl (C=O) groups is 5. The predicted octanol–water partition coefficient (Wildman–Crippen LogP) is -2.52. The lowest BCUT2D eigenvalue weighted by Crippen LogP contribution is -2.59. The zero-order chi connectivity index (χ0) is 27.3. The van der Waals surface area contributed by atoms with Gasteiger partial charge in [0, 0.05) is 6.42 Å². The second-order valence-electron chi connectivity index (χ2n) is 8.44. The van der Waals surface area contributed by atoms with E-state index in [9.17, 15) is 34.2 Å². The molecule has 11 N–H and O–H groups in total. The van der Waals surface area contributed by atoms with E-state index in [4.69, 9.17) is 17.2 Å². The van der Waals surface area contributed by atoms with E-state index in [-0.39, 0.29) is 6.42 Å². The van der Waals surface area contributed by atoms with E-state index in [1.807, 2.05) is 0 Å². The number of carbonyl (C=O) groups excluding carboxylic acids is 4. The van der Waals surface area contributed by atoms with Gasteiger partial charge in [-0.15, -0.1) is 0 Å². The molecule has 0 spiro atoms. The molecule has 0 bridgehead atoms. The van der Waals surface area contributed by atoms with Gasteiger partial charge in [0.2, 0.25) is 23.6 Å². The first kappa shape index (κ1) is 30.5. The topological polar surface area (TPSA) is 240 Å². The summed E-state index contributed by atoms with van der Waals surface area (Å²) in [6.45, 7) is 1.63. The molecule has 5 unspecified atom stereocenters. The highest BCUT2D eigenvalue weighted by Crippen LogP contribution is 2.07. The van der Waals surface area contributed by atoms with Gasteiger partial charge in [0.1, 0.15) is 12.1 Å². The van der Waals surface area contributed by atoms with Crippen molar-refractivity contribution in [3.05, 3.63) is 35.9 Å². The number of nitrogens with one attached hydrogen (secondary N) is 3. The van der Waals surface area contributed by atoms with E-state index in [1.54, 1.807) is 30.3 Å². The van der Waals surface area contributed by atoms with Gasteiger partial charge >= 0.3 is 5.97 Å². The summed E-state index contributed by atoms with van der Waals surface area (Å²) in [6.07, 6.45) is -0.457. The van der Waals surface area contributed by atoms with Crippen molar-refractivity contribution in [3.63, 3.8) is 0 Å². The number of primary amides is 1. The average Bonchev–Trinajstić information content (AvgIpc) is 2.81. The van der Waals surface area contributed by atoms with Crippen LogP contribution in [-0.2, 0) is 30.4 Å². The number of aliphatic hydroxyl groups is 1. The summed E-state index contributed by atoms with van der Waals surface area (Å²) in [4.78, 5) is 61.4. The molecule has 1 aromatic carbocycles. The fourth-order valence-electron chi connectivity index (χ4n) is 3.30. The summed E-state index contributed by atoms with van der Waals surface area (Å²) >= 11 is 0. The minimum Gasteiger partial charge on any atom is -0.480 e. The van der Waals surface area contributed by atoms with Crippen molar-refractivity contribution in [1.82, 2.24) is 16.0 Å². The highest BCUT2D eigenvalue weighted by Gasteiger charge is 2.32. The fraction of sp³-hybridized carbons (Fsp3) is 0.522. The second kappa shape index (κ2) is 15.4. The molecule has 1 aromatic rings. The van der Waals surface area contributed by atoms with Gasteiger partial charge in [-0.25, -0.2) is 4.79 Å². The first-order valence-corrected chi connectivity index (χ1v) is 11.6. The van der Waals surface area contributed by atoms with Crippen molar-refractivity contribution < 1.29 is 34.2 Å². The van der Waals surface area contributed by atoms with Crippen molar-refractivity contribution in [2.75, 3.05) is 6.54 Å². The number of aliphatic carboxylic acids is 1. The van der Waals surface area contributed by atoms with E-state index in [1.165, 1.54) is 6.92 Å². The van der Waals surface area contributed by atoms with Crippen LogP contribution in [0.1, 0.15) is 38.2 Å². The number of nitrogens with two attached hydrogens (primary N) is 3. The van der Waals surface area contributed by atoms with E-state index in [2.05, 4.69) is 16.0 Å². The lowest BCUT2D eigenvalue weighted by molar-refractivity contribution is -0.145. The SMILES string of the molecule is CC(O)C(NC(=O)C(Cc1ccccc1)NC(=O)C(CC(N)=O)NC(=O)C(N)CCCCN)C(=O)O. The van der Waals surface area contributed by atoms with Crippen LogP contribution < -0.4 is 33.2 Å². The molecule has 0 aliphatic rings. The number of hydrogen-bond acceptors (Lipinski definition) is 8. The van der Waals surface area contributed by atoms with Crippen molar-refractivity contribution in [2.45, 2.75) is 69.3 Å². The maximum Gasteiger partial charge on any atom is 0.328 e. The molecule has 0 aromatic heterocycles. The monoisotopic (exact) mass is 508 g/mol. The van der Waals surface area contributed by atoms with Crippen LogP contribution in [0.25, 0.3) is 0 Å². The summed E-state index contributed by atoms with van der Waals surface area (Å²) in [5.74, 6) is -4.81. The Balaban J connectivity index is 3.07. The predicted molar refractivity (Wildman–Crippen MR) is 130 cm³/mol. The zero-order valence-corrected chi connectivity index (χ0v) is 20.2. The summed E-state index contributed by atoms with van der Waals surface area (Å²) in [7, 11) is 0. The maximum absolute atomic E-state index is 13.0. The highest BCUT2D eigenvalue weighted by atomic mass is 16.4. The molecule has 5 atom stereocenters. The van der Waals surface area contributed by atoms with Crippen LogP contribution in [0.3, 0.4) is 0 Å². The molecule has 13 nitrogen and oxygen atoms in total. The van der Waals surface area contributed by atoms with Crippen LogP contribution in [0.4, 0.5) is 0 Å². The van der Waals surface area contributed by atoms with Crippen molar-refractivity contribution >= 4 is 29.6 Å². The van der Waals surface area contributed by atoms with E-state index in [0.717, 1.165) is 0 Å². The number of unbranched alkanes of at least 4 members (excludes halogenated alkanes) is 1. The van der Waals surface area contributed by atoms with E-state index in [0.29, 0.717) is 31.4 Å². The van der Waals surface area contributed by atoms with Gasteiger partial charge in [0.25, 0.3) is 0 Å². The van der Waals surface area contributed by atoms with Crippen LogP contribution in [-0.4, -0.2) is 76.6 Å². The molecule has 4 amide bonds. The average molecular weight is 509 g/mol. The minimum atomic E-state index is -1.62. The molecule has 36 heavy (non-hydrogen) atoms. The quantitative estimate of drug-likeness (QED) is 0.110. The third kappa shape index (κ3) is 10.8. The first-order chi connectivity index (χ1) is 17.0. The number of hydrogen-bond donors (Lipinski definition) is 8. The molecule has 200 valence electrons. The van der Waals surface area contributed by atoms with E-state index >= 15 is 0 Å². The Labute approximate surface area is 209 Å². The Morgan fingerprint density at radius 3 is 2.03 bits per heavy atom. The third-order valence-electron chi connectivity index (χ3n) is 5.31. The smallest absolute Gasteiger partial charge is 0.328 e. The van der Waals surface area contributed by atoms with Gasteiger partial charge in [-0.2, -0.15) is 0 Å². The molecular weight excluding hydrogens is 472 g/mol. The van der Waals surface area contributed by atoms with Gasteiger partial charge in [-0.3, -0.25) is 19.2 Å². The standard InChI is InChI=1S/C23H36N6O7/c1-13(30)19(23(35)36)29-22(34)16(11-14-7-3-2-4-8-14)28-21(33)17(12-18(26)31)27-20(32)15(25)9-5-6-10-24/h2-4,7-8,13,15-17,19,30H,5-6,9-12,24-25H2,1H3,(H2,26,31)(H,27,32)(H,28,33)(H,29,34)(H,35,36). The van der Waals surface area contributed by atoms with E-state index < -0.39 is 66.3 Å². The fourth-order valence-corrected chi connectivity index (χ4v) is 3.30. The van der Waals surface area contributed by atoms with Gasteiger partial charge in [-0.05, 0) is 31.9 Å². The normalized spacial score (nSPS) is 15.0. The first-order valence-electron chi connectivity index (χ1n) is 11.6. The molecule has 0 saturated heterocycles. The van der Waals surface area contributed by atoms with Gasteiger partial charge in [0.15, 0.2) is 6.04 Å². The maximum atomic E-state index is 13.0. The van der Waals surface area contributed by atoms with Crippen LogP contribution in [0.15, 0.2) is 30.3 Å². The molecule has 1 rings (SSSR count). The number of rotatable bonds is 16. The zero-order valence-electron chi connectivity index (χ0n) is 20.2. The molecule has 0 aliphatic heterocycles. The summed E-state index contributed by atoms with van der Waals surface area (Å²) in [5.41, 5.74) is 17.2. The Morgan fingerprint density at radius 2 is 1.50 bits per heavy atom. The summed E-state index contributed by atoms with van der Waals surface area (Å²) < 4.78 is 0. The minimum absolute atomic E-state index is 0.0413. The van der Waals surface area contributed by atoms with Gasteiger partial charge in [-0.1, -0.05) is 36.8 Å². The molecule has 0 radical (unpaired) electrons. The molecular formula is C23H36N6O7. The Bertz CT molecular complexity index is 896. The molecule has 0 aliphatic carbocycles. The molecule has 0 fully saturated rings. The van der Waals surface area contributed by atoms with Crippen molar-refractivity contribution in [2.24, 2.45) is 17.2 Å². The summed E-state index contributed by atoms with van der Waals surface area (Å²) in [5, 5.41) is 26.0. The number of carboxylic acids is 1. The van der Waals surface area contributed by atoms with Gasteiger partial charge < -0.3 is 43.4 Å². The Morgan fingerprint density at radius 1 is 0.917 bits per heavy atom. The van der Waals surface area contributed by atoms with Crippen LogP contribution in [0.2, 0.25) is 0 Å². The number of benzene rings is 1. The van der Waals surface area contributed by atoms with Crippen molar-refractivity contribution in [3.8, 4) is 0 Å². The largest absolute Gasteiger partial charge is 0.480 e. The highest BCUT2D eigenvalue weighted by molar-refractivity contribution is 5.96. The molecule has 0 saturated carbocycles. The molecule has 0 heterocycles. The van der Waals surface area contributed by atoms with Crippen LogP contribution >= 0.6 is 0 Å². The van der Waals surface area contributed by atoms with Gasteiger partial charge in [0.05, 0.1) is 18.6 Å². The Hall–Kier alpha value is -3.55. The molecule has 13 heteroatoms. The lowest BCUT2D eigenvalue weighted by Gasteiger charge is -2.25. The van der Waals surface area contributed by atoms with Crippen LogP contribution in [0, 0.1) is 0 Å². The number of amides is 4.